The fraction of sp³-hybridized carbons (Fsp3) is 0.846. The maximum Gasteiger partial charge on any atom is 0.303 e. The monoisotopic (exact) mass is 270 g/mol. The molecule has 2 heterocycles. The van der Waals surface area contributed by atoms with Crippen molar-refractivity contribution in [3.63, 3.8) is 0 Å². The standard InChI is InChI=1S/C13H22N2O4/c16-12(17)4-3-10-2-1-6-15(8-10)13(18)11-9-19-7-5-14-11/h10-11,14H,1-9H2,(H,16,17). The van der Waals surface area contributed by atoms with E-state index in [4.69, 9.17) is 9.84 Å². The molecular formula is C13H22N2O4. The summed E-state index contributed by atoms with van der Waals surface area (Å²) in [5.41, 5.74) is 0. The smallest absolute Gasteiger partial charge is 0.303 e. The SMILES string of the molecule is O=C(O)CCC1CCCN(C(=O)C2COCCN2)C1. The first-order valence-corrected chi connectivity index (χ1v) is 6.98. The summed E-state index contributed by atoms with van der Waals surface area (Å²) in [6, 6.07) is -0.230. The number of carboxylic acids is 1. The zero-order valence-corrected chi connectivity index (χ0v) is 11.1. The first-order chi connectivity index (χ1) is 9.16. The Hall–Kier alpha value is -1.14. The van der Waals surface area contributed by atoms with Crippen LogP contribution in [0.4, 0.5) is 0 Å². The van der Waals surface area contributed by atoms with Crippen LogP contribution in [0.1, 0.15) is 25.7 Å². The number of rotatable bonds is 4. The second-order valence-electron chi connectivity index (χ2n) is 5.31. The largest absolute Gasteiger partial charge is 0.481 e. The molecule has 2 unspecified atom stereocenters. The van der Waals surface area contributed by atoms with Gasteiger partial charge in [0.2, 0.25) is 5.91 Å². The van der Waals surface area contributed by atoms with Crippen LogP contribution in [0.3, 0.4) is 0 Å². The number of carbonyl (C=O) groups excluding carboxylic acids is 1. The molecule has 2 atom stereocenters. The highest BCUT2D eigenvalue weighted by molar-refractivity contribution is 5.82. The van der Waals surface area contributed by atoms with Crippen molar-refractivity contribution < 1.29 is 19.4 Å². The first kappa shape index (κ1) is 14.3. The summed E-state index contributed by atoms with van der Waals surface area (Å²) < 4.78 is 5.31. The number of ether oxygens (including phenoxy) is 1. The number of hydrogen-bond donors (Lipinski definition) is 2. The van der Waals surface area contributed by atoms with Crippen LogP contribution in [-0.4, -0.2) is 60.8 Å². The Balaban J connectivity index is 1.82. The number of carboxylic acid groups (broad SMARTS) is 1. The molecule has 0 aliphatic carbocycles. The van der Waals surface area contributed by atoms with Gasteiger partial charge in [0.25, 0.3) is 0 Å². The minimum absolute atomic E-state index is 0.0970. The van der Waals surface area contributed by atoms with Crippen molar-refractivity contribution in [1.29, 1.82) is 0 Å². The lowest BCUT2D eigenvalue weighted by molar-refractivity contribution is -0.138. The van der Waals surface area contributed by atoms with Gasteiger partial charge < -0.3 is 20.1 Å². The number of nitrogens with one attached hydrogen (secondary N) is 1. The Bertz CT molecular complexity index is 329. The van der Waals surface area contributed by atoms with Crippen molar-refractivity contribution in [3.8, 4) is 0 Å². The molecule has 2 saturated heterocycles. The van der Waals surface area contributed by atoms with Gasteiger partial charge in [0.05, 0.1) is 13.2 Å². The second-order valence-corrected chi connectivity index (χ2v) is 5.31. The molecule has 108 valence electrons. The molecule has 2 N–H and O–H groups in total. The minimum Gasteiger partial charge on any atom is -0.481 e. The predicted octanol–water partition coefficient (Wildman–Crippen LogP) is 0.0782. The number of nitrogens with zero attached hydrogens (tertiary/aromatic N) is 1. The van der Waals surface area contributed by atoms with Crippen molar-refractivity contribution in [2.24, 2.45) is 5.92 Å². The third kappa shape index (κ3) is 4.18. The zero-order valence-electron chi connectivity index (χ0n) is 11.1. The van der Waals surface area contributed by atoms with Crippen LogP contribution in [0, 0.1) is 5.92 Å². The van der Waals surface area contributed by atoms with E-state index < -0.39 is 5.97 Å². The number of amides is 1. The topological polar surface area (TPSA) is 78.9 Å². The van der Waals surface area contributed by atoms with Gasteiger partial charge in [0, 0.05) is 26.1 Å². The van der Waals surface area contributed by atoms with Gasteiger partial charge in [-0.2, -0.15) is 0 Å². The summed E-state index contributed by atoms with van der Waals surface area (Å²) >= 11 is 0. The summed E-state index contributed by atoms with van der Waals surface area (Å²) in [6.07, 6.45) is 2.83. The average molecular weight is 270 g/mol. The van der Waals surface area contributed by atoms with Gasteiger partial charge in [0.1, 0.15) is 6.04 Å². The van der Waals surface area contributed by atoms with Crippen LogP contribution in [-0.2, 0) is 14.3 Å². The number of carbonyl (C=O) groups is 2. The Labute approximate surface area is 113 Å². The minimum atomic E-state index is -0.759. The highest BCUT2D eigenvalue weighted by Gasteiger charge is 2.30. The normalized spacial score (nSPS) is 28.1. The van der Waals surface area contributed by atoms with Gasteiger partial charge in [-0.05, 0) is 25.2 Å². The van der Waals surface area contributed by atoms with Crippen LogP contribution in [0.15, 0.2) is 0 Å². The Morgan fingerprint density at radius 1 is 1.42 bits per heavy atom. The molecule has 0 aromatic heterocycles. The molecule has 6 nitrogen and oxygen atoms in total. The third-order valence-corrected chi connectivity index (χ3v) is 3.82. The molecule has 0 saturated carbocycles. The summed E-state index contributed by atoms with van der Waals surface area (Å²) in [5.74, 6) is -0.344. The molecule has 0 aromatic carbocycles. The van der Waals surface area contributed by atoms with Gasteiger partial charge >= 0.3 is 5.97 Å². The Morgan fingerprint density at radius 2 is 2.26 bits per heavy atom. The third-order valence-electron chi connectivity index (χ3n) is 3.82. The van der Waals surface area contributed by atoms with Crippen molar-refractivity contribution in [1.82, 2.24) is 10.2 Å². The Kier molecular flexibility index (Phi) is 5.15. The molecule has 0 radical (unpaired) electrons. The molecule has 6 heteroatoms. The van der Waals surface area contributed by atoms with E-state index in [-0.39, 0.29) is 18.4 Å². The van der Waals surface area contributed by atoms with Gasteiger partial charge in [-0.15, -0.1) is 0 Å². The van der Waals surface area contributed by atoms with Crippen molar-refractivity contribution in [3.05, 3.63) is 0 Å². The highest BCUT2D eigenvalue weighted by Crippen LogP contribution is 2.21. The van der Waals surface area contributed by atoms with Crippen molar-refractivity contribution in [2.45, 2.75) is 31.7 Å². The van der Waals surface area contributed by atoms with E-state index in [1.165, 1.54) is 0 Å². The highest BCUT2D eigenvalue weighted by atomic mass is 16.5. The number of likely N-dealkylation sites (tertiary alicyclic amines) is 1. The fourth-order valence-electron chi connectivity index (χ4n) is 2.77. The van der Waals surface area contributed by atoms with Crippen LogP contribution in [0.2, 0.25) is 0 Å². The van der Waals surface area contributed by atoms with Gasteiger partial charge in [-0.25, -0.2) is 0 Å². The van der Waals surface area contributed by atoms with E-state index in [9.17, 15) is 9.59 Å². The molecule has 1 amide bonds. The number of morpholine rings is 1. The van der Waals surface area contributed by atoms with E-state index in [0.717, 1.165) is 19.4 Å². The Morgan fingerprint density at radius 3 is 2.95 bits per heavy atom. The first-order valence-electron chi connectivity index (χ1n) is 6.98. The summed E-state index contributed by atoms with van der Waals surface area (Å²) in [5, 5.41) is 11.9. The maximum absolute atomic E-state index is 12.3. The molecule has 2 aliphatic rings. The van der Waals surface area contributed by atoms with Crippen molar-refractivity contribution in [2.75, 3.05) is 32.8 Å². The van der Waals surface area contributed by atoms with E-state index in [1.807, 2.05) is 4.90 Å². The summed E-state index contributed by atoms with van der Waals surface area (Å²) in [4.78, 5) is 24.8. The number of piperidine rings is 1. The molecule has 2 aliphatic heterocycles. The van der Waals surface area contributed by atoms with Crippen LogP contribution in [0.25, 0.3) is 0 Å². The predicted molar refractivity (Wildman–Crippen MR) is 68.8 cm³/mol. The molecule has 0 spiro atoms. The van der Waals surface area contributed by atoms with E-state index in [2.05, 4.69) is 5.32 Å². The molecule has 0 bridgehead atoms. The maximum atomic E-state index is 12.3. The molecule has 2 fully saturated rings. The average Bonchev–Trinajstić information content (AvgIpc) is 2.45. The van der Waals surface area contributed by atoms with Gasteiger partial charge in [0.15, 0.2) is 0 Å². The molecule has 0 aromatic rings. The summed E-state index contributed by atoms with van der Waals surface area (Å²) in [6.45, 7) is 3.28. The molecular weight excluding hydrogens is 248 g/mol. The number of aliphatic carboxylic acids is 1. The lowest BCUT2D eigenvalue weighted by atomic mass is 9.93. The van der Waals surface area contributed by atoms with E-state index in [1.54, 1.807) is 0 Å². The van der Waals surface area contributed by atoms with Crippen LogP contribution in [0.5, 0.6) is 0 Å². The van der Waals surface area contributed by atoms with Gasteiger partial charge in [-0.1, -0.05) is 0 Å². The van der Waals surface area contributed by atoms with Crippen LogP contribution < -0.4 is 5.32 Å². The molecule has 2 rings (SSSR count). The number of hydrogen-bond acceptors (Lipinski definition) is 4. The lowest BCUT2D eigenvalue weighted by Gasteiger charge is -2.36. The van der Waals surface area contributed by atoms with Gasteiger partial charge in [-0.3, -0.25) is 9.59 Å². The zero-order chi connectivity index (χ0) is 13.7. The quantitative estimate of drug-likeness (QED) is 0.756. The molecule has 19 heavy (non-hydrogen) atoms. The second kappa shape index (κ2) is 6.86. The lowest BCUT2D eigenvalue weighted by Crippen LogP contribution is -2.54. The van der Waals surface area contributed by atoms with E-state index in [0.29, 0.717) is 38.6 Å². The van der Waals surface area contributed by atoms with Crippen LogP contribution >= 0.6 is 0 Å². The van der Waals surface area contributed by atoms with E-state index >= 15 is 0 Å². The fourth-order valence-corrected chi connectivity index (χ4v) is 2.77. The van der Waals surface area contributed by atoms with Crippen molar-refractivity contribution >= 4 is 11.9 Å². The summed E-state index contributed by atoms with van der Waals surface area (Å²) in [7, 11) is 0.